The number of para-hydroxylation sites is 1. The molecule has 0 radical (unpaired) electrons. The van der Waals surface area contributed by atoms with Crippen molar-refractivity contribution in [2.75, 3.05) is 6.54 Å². The third-order valence-electron chi connectivity index (χ3n) is 4.44. The monoisotopic (exact) mass is 414 g/mol. The highest BCUT2D eigenvalue weighted by Crippen LogP contribution is 2.30. The van der Waals surface area contributed by atoms with Gasteiger partial charge < -0.3 is 0 Å². The molecule has 8 heteroatoms. The minimum atomic E-state index is -4.32. The standard InChI is InChI=1S/C21H19FN2O4S/c22-19-12-7-13-20(21(19)24(25)26)29(27,28)23(16-18-10-5-2-6-11-18)15-14-17-8-3-1-4-9-17/h1-13H,14-16H2. The molecule has 6 nitrogen and oxygen atoms in total. The Bertz CT molecular complexity index is 1090. The summed E-state index contributed by atoms with van der Waals surface area (Å²) in [6, 6.07) is 21.3. The van der Waals surface area contributed by atoms with E-state index in [1.165, 1.54) is 0 Å². The Morgan fingerprint density at radius 3 is 2.03 bits per heavy atom. The van der Waals surface area contributed by atoms with Crippen LogP contribution < -0.4 is 0 Å². The minimum absolute atomic E-state index is 0.0175. The van der Waals surface area contributed by atoms with Gasteiger partial charge in [0.25, 0.3) is 0 Å². The van der Waals surface area contributed by atoms with Crippen molar-refractivity contribution in [1.82, 2.24) is 4.31 Å². The van der Waals surface area contributed by atoms with Crippen molar-refractivity contribution in [2.24, 2.45) is 0 Å². The van der Waals surface area contributed by atoms with Crippen LogP contribution in [0.1, 0.15) is 11.1 Å². The third-order valence-corrected chi connectivity index (χ3v) is 6.32. The number of nitrogens with zero attached hydrogens (tertiary/aromatic N) is 2. The van der Waals surface area contributed by atoms with Gasteiger partial charge in [0.2, 0.25) is 15.8 Å². The lowest BCUT2D eigenvalue weighted by Crippen LogP contribution is -2.33. The van der Waals surface area contributed by atoms with E-state index in [9.17, 15) is 22.9 Å². The molecule has 0 aliphatic heterocycles. The van der Waals surface area contributed by atoms with Crippen LogP contribution in [0.15, 0.2) is 83.8 Å². The van der Waals surface area contributed by atoms with E-state index < -0.39 is 31.3 Å². The molecule has 0 fully saturated rings. The second-order valence-electron chi connectivity index (χ2n) is 6.40. The van der Waals surface area contributed by atoms with Crippen molar-refractivity contribution in [2.45, 2.75) is 17.9 Å². The van der Waals surface area contributed by atoms with E-state index >= 15 is 0 Å². The molecule has 0 spiro atoms. The highest BCUT2D eigenvalue weighted by Gasteiger charge is 2.34. The number of rotatable bonds is 8. The lowest BCUT2D eigenvalue weighted by atomic mass is 10.1. The Labute approximate surface area is 168 Å². The maximum atomic E-state index is 14.0. The maximum absolute atomic E-state index is 14.0. The molecule has 3 aromatic rings. The molecule has 0 aromatic heterocycles. The van der Waals surface area contributed by atoms with Crippen LogP contribution in [0.2, 0.25) is 0 Å². The van der Waals surface area contributed by atoms with Crippen LogP contribution in [0, 0.1) is 15.9 Å². The number of benzene rings is 3. The summed E-state index contributed by atoms with van der Waals surface area (Å²) in [5.74, 6) is -1.18. The molecule has 0 unspecified atom stereocenters. The van der Waals surface area contributed by atoms with Gasteiger partial charge in [-0.25, -0.2) is 8.42 Å². The fraction of sp³-hybridized carbons (Fsp3) is 0.143. The van der Waals surface area contributed by atoms with Crippen molar-refractivity contribution >= 4 is 15.7 Å². The average Bonchev–Trinajstić information content (AvgIpc) is 2.72. The number of sulfonamides is 1. The average molecular weight is 414 g/mol. The zero-order valence-corrected chi connectivity index (χ0v) is 16.3. The molecule has 0 N–H and O–H groups in total. The van der Waals surface area contributed by atoms with E-state index in [0.717, 1.165) is 33.6 Å². The molecule has 0 saturated carbocycles. The SMILES string of the molecule is O=[N+]([O-])c1c(F)cccc1S(=O)(=O)N(CCc1ccccc1)Cc1ccccc1. The molecule has 29 heavy (non-hydrogen) atoms. The summed E-state index contributed by atoms with van der Waals surface area (Å²) in [5.41, 5.74) is 0.614. The fourth-order valence-electron chi connectivity index (χ4n) is 2.99. The third kappa shape index (κ3) is 4.85. The van der Waals surface area contributed by atoms with Gasteiger partial charge in [0.1, 0.15) is 0 Å². The Hall–Kier alpha value is -3.10. The first-order valence-corrected chi connectivity index (χ1v) is 10.3. The van der Waals surface area contributed by atoms with E-state index in [0.29, 0.717) is 6.42 Å². The lowest BCUT2D eigenvalue weighted by molar-refractivity contribution is -0.390. The normalized spacial score (nSPS) is 11.5. The van der Waals surface area contributed by atoms with E-state index in [4.69, 9.17) is 0 Å². The predicted octanol–water partition coefficient (Wildman–Crippen LogP) is 4.17. The molecule has 3 aromatic carbocycles. The maximum Gasteiger partial charge on any atom is 0.324 e. The summed E-state index contributed by atoms with van der Waals surface area (Å²) in [7, 11) is -4.32. The molecule has 0 atom stereocenters. The first-order valence-electron chi connectivity index (χ1n) is 8.90. The molecule has 0 heterocycles. The van der Waals surface area contributed by atoms with Gasteiger partial charge in [0, 0.05) is 13.1 Å². The van der Waals surface area contributed by atoms with Gasteiger partial charge in [0.05, 0.1) is 4.92 Å². The Kier molecular flexibility index (Phi) is 6.36. The number of nitro groups is 1. The fourth-order valence-corrected chi connectivity index (χ4v) is 4.59. The van der Waals surface area contributed by atoms with Crippen LogP contribution in [0.4, 0.5) is 10.1 Å². The van der Waals surface area contributed by atoms with Gasteiger partial charge in [-0.1, -0.05) is 66.7 Å². The van der Waals surface area contributed by atoms with E-state index in [1.54, 1.807) is 24.3 Å². The molecule has 3 rings (SSSR count). The van der Waals surface area contributed by atoms with E-state index in [1.807, 2.05) is 36.4 Å². The minimum Gasteiger partial charge on any atom is -0.258 e. The van der Waals surface area contributed by atoms with Crippen molar-refractivity contribution in [3.8, 4) is 0 Å². The van der Waals surface area contributed by atoms with Gasteiger partial charge >= 0.3 is 5.69 Å². The number of hydrogen-bond acceptors (Lipinski definition) is 4. The van der Waals surface area contributed by atoms with Crippen LogP contribution >= 0.6 is 0 Å². The summed E-state index contributed by atoms with van der Waals surface area (Å²) in [5, 5.41) is 11.3. The van der Waals surface area contributed by atoms with Gasteiger partial charge in [-0.15, -0.1) is 0 Å². The van der Waals surface area contributed by atoms with Gasteiger partial charge in [-0.2, -0.15) is 8.70 Å². The smallest absolute Gasteiger partial charge is 0.258 e. The summed E-state index contributed by atoms with van der Waals surface area (Å²) in [6.07, 6.45) is 0.413. The van der Waals surface area contributed by atoms with Gasteiger partial charge in [0.15, 0.2) is 4.90 Å². The summed E-state index contributed by atoms with van der Waals surface area (Å²) < 4.78 is 41.8. The number of hydrogen-bond donors (Lipinski definition) is 0. The quantitative estimate of drug-likeness (QED) is 0.409. The molecule has 0 aliphatic carbocycles. The van der Waals surface area contributed by atoms with Crippen molar-refractivity contribution < 1.29 is 17.7 Å². The number of nitro benzene ring substituents is 1. The zero-order chi connectivity index (χ0) is 20.9. The largest absolute Gasteiger partial charge is 0.324 e. The zero-order valence-electron chi connectivity index (χ0n) is 15.4. The summed E-state index contributed by atoms with van der Waals surface area (Å²) >= 11 is 0. The molecule has 0 amide bonds. The van der Waals surface area contributed by atoms with Crippen molar-refractivity contribution in [3.05, 3.63) is 106 Å². The van der Waals surface area contributed by atoms with E-state index in [2.05, 4.69) is 0 Å². The molecule has 0 saturated heterocycles. The molecular weight excluding hydrogens is 395 g/mol. The van der Waals surface area contributed by atoms with Crippen LogP contribution in [0.3, 0.4) is 0 Å². The highest BCUT2D eigenvalue weighted by molar-refractivity contribution is 7.89. The Morgan fingerprint density at radius 2 is 1.45 bits per heavy atom. The first kappa shape index (κ1) is 20.6. The Balaban J connectivity index is 2.00. The summed E-state index contributed by atoms with van der Waals surface area (Å²) in [4.78, 5) is 9.69. The van der Waals surface area contributed by atoms with Gasteiger partial charge in [-0.05, 0) is 29.7 Å². The van der Waals surface area contributed by atoms with E-state index in [-0.39, 0.29) is 13.1 Å². The molecular formula is C21H19FN2O4S. The highest BCUT2D eigenvalue weighted by atomic mass is 32.2. The lowest BCUT2D eigenvalue weighted by Gasteiger charge is -2.22. The Morgan fingerprint density at radius 1 is 0.862 bits per heavy atom. The first-order chi connectivity index (χ1) is 13.9. The molecule has 0 aliphatic rings. The van der Waals surface area contributed by atoms with Crippen LogP contribution in [-0.2, 0) is 23.0 Å². The van der Waals surface area contributed by atoms with Gasteiger partial charge in [-0.3, -0.25) is 10.1 Å². The number of halogens is 1. The molecule has 150 valence electrons. The second kappa shape index (κ2) is 8.93. The van der Waals surface area contributed by atoms with Crippen LogP contribution in [0.25, 0.3) is 0 Å². The van der Waals surface area contributed by atoms with Crippen molar-refractivity contribution in [1.29, 1.82) is 0 Å². The molecule has 0 bridgehead atoms. The second-order valence-corrected chi connectivity index (χ2v) is 8.31. The van der Waals surface area contributed by atoms with Crippen molar-refractivity contribution in [3.63, 3.8) is 0 Å². The summed E-state index contributed by atoms with van der Waals surface area (Å²) in [6.45, 7) is 0.110. The van der Waals surface area contributed by atoms with Crippen LogP contribution in [0.5, 0.6) is 0 Å². The van der Waals surface area contributed by atoms with Crippen LogP contribution in [-0.4, -0.2) is 24.2 Å². The predicted molar refractivity (Wildman–Crippen MR) is 107 cm³/mol. The topological polar surface area (TPSA) is 80.5 Å².